The van der Waals surface area contributed by atoms with Crippen molar-refractivity contribution in [2.24, 2.45) is 5.73 Å². The van der Waals surface area contributed by atoms with Crippen molar-refractivity contribution >= 4 is 12.0 Å². The van der Waals surface area contributed by atoms with E-state index in [-0.39, 0.29) is 6.10 Å². The van der Waals surface area contributed by atoms with Crippen LogP contribution in [0.3, 0.4) is 0 Å². The summed E-state index contributed by atoms with van der Waals surface area (Å²) in [6.45, 7) is 0. The van der Waals surface area contributed by atoms with Crippen molar-refractivity contribution in [1.82, 2.24) is 9.97 Å². The smallest absolute Gasteiger partial charge is 0.404 e. The predicted molar refractivity (Wildman–Crippen MR) is 62.4 cm³/mol. The molecule has 1 heterocycles. The zero-order chi connectivity index (χ0) is 12.1. The van der Waals surface area contributed by atoms with Gasteiger partial charge in [-0.2, -0.15) is 0 Å². The lowest BCUT2D eigenvalue weighted by Crippen LogP contribution is -2.32. The molecule has 0 spiro atoms. The highest BCUT2D eigenvalue weighted by atomic mass is 16.6. The number of carbonyl (C=O) groups excluding carboxylic acids is 1. The Hall–Kier alpha value is -1.85. The van der Waals surface area contributed by atoms with Crippen LogP contribution in [-0.2, 0) is 4.74 Å². The largest absolute Gasteiger partial charge is 0.446 e. The fourth-order valence-corrected chi connectivity index (χ4v) is 2.05. The second-order valence-electron chi connectivity index (χ2n) is 4.13. The highest BCUT2D eigenvalue weighted by Crippen LogP contribution is 2.22. The number of aromatic nitrogens is 2. The summed E-state index contributed by atoms with van der Waals surface area (Å²) in [5.41, 5.74) is 4.98. The quantitative estimate of drug-likeness (QED) is 0.825. The van der Waals surface area contributed by atoms with E-state index in [1.807, 2.05) is 0 Å². The molecule has 0 aromatic carbocycles. The normalized spacial score (nSPS) is 24.0. The summed E-state index contributed by atoms with van der Waals surface area (Å²) in [5, 5.41) is 3.26. The molecule has 0 aliphatic heterocycles. The summed E-state index contributed by atoms with van der Waals surface area (Å²) in [4.78, 5) is 18.8. The van der Waals surface area contributed by atoms with E-state index in [0.29, 0.717) is 12.0 Å². The Balaban J connectivity index is 1.78. The van der Waals surface area contributed by atoms with Gasteiger partial charge in [0, 0.05) is 18.4 Å². The van der Waals surface area contributed by atoms with Crippen LogP contribution in [0.1, 0.15) is 25.7 Å². The molecule has 1 amide bonds. The summed E-state index contributed by atoms with van der Waals surface area (Å²) in [5.74, 6) is 0.645. The van der Waals surface area contributed by atoms with Gasteiger partial charge in [-0.25, -0.2) is 14.8 Å². The van der Waals surface area contributed by atoms with Crippen LogP contribution in [-0.4, -0.2) is 28.2 Å². The molecule has 1 saturated carbocycles. The van der Waals surface area contributed by atoms with Gasteiger partial charge in [0.2, 0.25) is 5.95 Å². The van der Waals surface area contributed by atoms with Gasteiger partial charge in [0.25, 0.3) is 0 Å². The molecule has 1 aliphatic rings. The van der Waals surface area contributed by atoms with Crippen LogP contribution < -0.4 is 11.1 Å². The molecule has 1 fully saturated rings. The Morgan fingerprint density at radius 3 is 2.53 bits per heavy atom. The summed E-state index contributed by atoms with van der Waals surface area (Å²) in [6, 6.07) is 2.12. The Kier molecular flexibility index (Phi) is 3.74. The Bertz CT molecular complexity index is 363. The monoisotopic (exact) mass is 236 g/mol. The lowest BCUT2D eigenvalue weighted by Gasteiger charge is -2.28. The molecular weight excluding hydrogens is 220 g/mol. The van der Waals surface area contributed by atoms with Crippen molar-refractivity contribution in [3.63, 3.8) is 0 Å². The van der Waals surface area contributed by atoms with Crippen molar-refractivity contribution in [3.8, 4) is 0 Å². The minimum absolute atomic E-state index is 0.0396. The first-order valence-electron chi connectivity index (χ1n) is 5.73. The first-order chi connectivity index (χ1) is 8.24. The second kappa shape index (κ2) is 5.47. The molecular formula is C11H16N4O2. The van der Waals surface area contributed by atoms with E-state index >= 15 is 0 Å². The van der Waals surface area contributed by atoms with Crippen molar-refractivity contribution in [2.75, 3.05) is 5.32 Å². The predicted octanol–water partition coefficient (Wildman–Crippen LogP) is 1.29. The number of nitrogens with zero attached hydrogens (tertiary/aromatic N) is 2. The first kappa shape index (κ1) is 11.6. The van der Waals surface area contributed by atoms with Crippen LogP contribution in [0.25, 0.3) is 0 Å². The van der Waals surface area contributed by atoms with Crippen LogP contribution >= 0.6 is 0 Å². The lowest BCUT2D eigenvalue weighted by atomic mass is 9.93. The summed E-state index contributed by atoms with van der Waals surface area (Å²) in [6.07, 6.45) is 6.19. The highest BCUT2D eigenvalue weighted by molar-refractivity contribution is 5.64. The van der Waals surface area contributed by atoms with Gasteiger partial charge in [-0.1, -0.05) is 0 Å². The van der Waals surface area contributed by atoms with Crippen LogP contribution in [0.4, 0.5) is 10.7 Å². The molecule has 92 valence electrons. The Morgan fingerprint density at radius 1 is 1.29 bits per heavy atom. The van der Waals surface area contributed by atoms with Gasteiger partial charge >= 0.3 is 6.09 Å². The van der Waals surface area contributed by atoms with Gasteiger partial charge in [-0.3, -0.25) is 0 Å². The molecule has 0 radical (unpaired) electrons. The zero-order valence-corrected chi connectivity index (χ0v) is 9.50. The highest BCUT2D eigenvalue weighted by Gasteiger charge is 2.23. The van der Waals surface area contributed by atoms with Gasteiger partial charge < -0.3 is 15.8 Å². The minimum atomic E-state index is -0.687. The molecule has 0 unspecified atom stereocenters. The van der Waals surface area contributed by atoms with E-state index in [2.05, 4.69) is 15.3 Å². The lowest BCUT2D eigenvalue weighted by molar-refractivity contribution is 0.0805. The third-order valence-electron chi connectivity index (χ3n) is 2.86. The van der Waals surface area contributed by atoms with Crippen molar-refractivity contribution < 1.29 is 9.53 Å². The van der Waals surface area contributed by atoms with Gasteiger partial charge in [0.15, 0.2) is 0 Å². The number of anilines is 1. The van der Waals surface area contributed by atoms with E-state index in [9.17, 15) is 4.79 Å². The number of nitrogens with one attached hydrogen (secondary N) is 1. The topological polar surface area (TPSA) is 90.1 Å². The van der Waals surface area contributed by atoms with E-state index < -0.39 is 6.09 Å². The molecule has 3 N–H and O–H groups in total. The van der Waals surface area contributed by atoms with Crippen LogP contribution in [0.15, 0.2) is 18.5 Å². The number of nitrogens with two attached hydrogens (primary N) is 1. The summed E-state index contributed by atoms with van der Waals surface area (Å²) >= 11 is 0. The number of hydrogen-bond donors (Lipinski definition) is 2. The molecule has 1 aromatic heterocycles. The third-order valence-corrected chi connectivity index (χ3v) is 2.86. The molecule has 0 saturated heterocycles. The van der Waals surface area contributed by atoms with Crippen molar-refractivity contribution in [1.29, 1.82) is 0 Å². The maximum atomic E-state index is 10.6. The molecule has 2 rings (SSSR count). The number of primary amides is 1. The average molecular weight is 236 g/mol. The number of carbonyl (C=O) groups is 1. The number of hydrogen-bond acceptors (Lipinski definition) is 5. The number of ether oxygens (including phenoxy) is 1. The van der Waals surface area contributed by atoms with E-state index in [0.717, 1.165) is 25.7 Å². The fourth-order valence-electron chi connectivity index (χ4n) is 2.05. The van der Waals surface area contributed by atoms with Crippen molar-refractivity contribution in [2.45, 2.75) is 37.8 Å². The fraction of sp³-hybridized carbons (Fsp3) is 0.545. The minimum Gasteiger partial charge on any atom is -0.446 e. The SMILES string of the molecule is NC(=O)OC1CCC(Nc2ncccn2)CC1. The summed E-state index contributed by atoms with van der Waals surface area (Å²) in [7, 11) is 0. The van der Waals surface area contributed by atoms with Gasteiger partial charge in [-0.05, 0) is 31.7 Å². The van der Waals surface area contributed by atoms with Gasteiger partial charge in [-0.15, -0.1) is 0 Å². The Morgan fingerprint density at radius 2 is 1.94 bits per heavy atom. The van der Waals surface area contributed by atoms with Crippen molar-refractivity contribution in [3.05, 3.63) is 18.5 Å². The standard InChI is InChI=1S/C11H16N4O2/c12-10(16)17-9-4-2-8(3-5-9)15-11-13-6-1-7-14-11/h1,6-9H,2-5H2,(H2,12,16)(H,13,14,15). The molecule has 0 atom stereocenters. The van der Waals surface area contributed by atoms with E-state index in [1.54, 1.807) is 18.5 Å². The molecule has 1 aromatic rings. The average Bonchev–Trinajstić information content (AvgIpc) is 2.32. The molecule has 6 heteroatoms. The van der Waals surface area contributed by atoms with Crippen LogP contribution in [0.5, 0.6) is 0 Å². The molecule has 17 heavy (non-hydrogen) atoms. The van der Waals surface area contributed by atoms with Gasteiger partial charge in [0.05, 0.1) is 0 Å². The summed E-state index contributed by atoms with van der Waals surface area (Å²) < 4.78 is 4.97. The third kappa shape index (κ3) is 3.58. The number of rotatable bonds is 3. The maximum absolute atomic E-state index is 10.6. The maximum Gasteiger partial charge on any atom is 0.404 e. The van der Waals surface area contributed by atoms with Crippen LogP contribution in [0.2, 0.25) is 0 Å². The first-order valence-corrected chi connectivity index (χ1v) is 5.73. The van der Waals surface area contributed by atoms with Gasteiger partial charge in [0.1, 0.15) is 6.10 Å². The van der Waals surface area contributed by atoms with Crippen LogP contribution in [0, 0.1) is 0 Å². The van der Waals surface area contributed by atoms with E-state index in [4.69, 9.17) is 10.5 Å². The molecule has 0 bridgehead atoms. The van der Waals surface area contributed by atoms with E-state index in [1.165, 1.54) is 0 Å². The number of amides is 1. The molecule has 6 nitrogen and oxygen atoms in total. The zero-order valence-electron chi connectivity index (χ0n) is 9.50. The second-order valence-corrected chi connectivity index (χ2v) is 4.13. The Labute approximate surface area is 99.6 Å². The molecule has 1 aliphatic carbocycles.